The summed E-state index contributed by atoms with van der Waals surface area (Å²) in [7, 11) is 0. The minimum atomic E-state index is -0.0551. The van der Waals surface area contributed by atoms with Gasteiger partial charge in [0.2, 0.25) is 0 Å². The van der Waals surface area contributed by atoms with Crippen LogP contribution >= 0.6 is 0 Å². The molecule has 0 radical (unpaired) electrons. The number of hydrogen-bond donors (Lipinski definition) is 1. The lowest BCUT2D eigenvalue weighted by molar-refractivity contribution is -0.0167. The molecule has 1 N–H and O–H groups in total. The number of nitrogens with zero attached hydrogens (tertiary/aromatic N) is 3. The minimum absolute atomic E-state index is 0.0365. The Balaban J connectivity index is 1.37. The SMILES string of the molecule is N#Cc1ccc(-c2nc(C(=O)NC34CC5CC(CC(C5)C3)C4)c3ccccn23)cc1. The zero-order chi connectivity index (χ0) is 20.3. The van der Waals surface area contributed by atoms with Gasteiger partial charge in [0.15, 0.2) is 5.69 Å². The fourth-order valence-electron chi connectivity index (χ4n) is 6.67. The lowest BCUT2D eigenvalue weighted by atomic mass is 9.53. The van der Waals surface area contributed by atoms with Gasteiger partial charge < -0.3 is 5.32 Å². The van der Waals surface area contributed by atoms with Crippen molar-refractivity contribution in [1.82, 2.24) is 14.7 Å². The Kier molecular flexibility index (Phi) is 3.80. The molecule has 0 saturated heterocycles. The normalized spacial score (nSPS) is 29.1. The van der Waals surface area contributed by atoms with E-state index in [1.165, 1.54) is 19.3 Å². The first-order chi connectivity index (χ1) is 14.6. The van der Waals surface area contributed by atoms with Gasteiger partial charge in [0.05, 0.1) is 17.1 Å². The van der Waals surface area contributed by atoms with Gasteiger partial charge in [-0.3, -0.25) is 9.20 Å². The molecule has 7 rings (SSSR count). The second kappa shape index (κ2) is 6.43. The molecule has 2 heterocycles. The molecule has 4 aliphatic carbocycles. The summed E-state index contributed by atoms with van der Waals surface area (Å²) >= 11 is 0. The van der Waals surface area contributed by atoms with Crippen molar-refractivity contribution < 1.29 is 4.79 Å². The van der Waals surface area contributed by atoms with E-state index in [9.17, 15) is 4.79 Å². The summed E-state index contributed by atoms with van der Waals surface area (Å²) in [6.07, 6.45) is 9.37. The average Bonchev–Trinajstić information content (AvgIpc) is 3.12. The Morgan fingerprint density at radius 3 is 2.33 bits per heavy atom. The van der Waals surface area contributed by atoms with E-state index in [4.69, 9.17) is 10.2 Å². The van der Waals surface area contributed by atoms with Gasteiger partial charge in [0.25, 0.3) is 5.91 Å². The number of nitrogens with one attached hydrogen (secondary N) is 1. The van der Waals surface area contributed by atoms with Crippen LogP contribution in [-0.4, -0.2) is 20.8 Å². The van der Waals surface area contributed by atoms with Gasteiger partial charge in [-0.25, -0.2) is 4.98 Å². The maximum absolute atomic E-state index is 13.5. The molecule has 5 heteroatoms. The molecule has 4 fully saturated rings. The highest BCUT2D eigenvalue weighted by atomic mass is 16.2. The predicted molar refractivity (Wildman–Crippen MR) is 114 cm³/mol. The minimum Gasteiger partial charge on any atom is -0.345 e. The fourth-order valence-corrected chi connectivity index (χ4v) is 6.67. The fraction of sp³-hybridized carbons (Fsp3) is 0.400. The van der Waals surface area contributed by atoms with Gasteiger partial charge in [-0.15, -0.1) is 0 Å². The molecule has 150 valence electrons. The standard InChI is InChI=1S/C25H24N4O/c26-15-16-4-6-20(7-5-16)23-27-22(21-3-1-2-8-29(21)23)24(30)28-25-12-17-9-18(13-25)11-19(10-17)14-25/h1-8,17-19H,9-14H2,(H,28,30). The Morgan fingerprint density at radius 2 is 1.70 bits per heavy atom. The Bertz CT molecular complexity index is 1150. The third-order valence-electron chi connectivity index (χ3n) is 7.45. The van der Waals surface area contributed by atoms with E-state index in [-0.39, 0.29) is 11.4 Å². The molecular weight excluding hydrogens is 372 g/mol. The second-order valence-electron chi connectivity index (χ2n) is 9.58. The van der Waals surface area contributed by atoms with Crippen LogP contribution in [-0.2, 0) is 0 Å². The first-order valence-corrected chi connectivity index (χ1v) is 10.9. The van der Waals surface area contributed by atoms with E-state index in [1.54, 1.807) is 12.1 Å². The van der Waals surface area contributed by atoms with E-state index >= 15 is 0 Å². The number of benzene rings is 1. The van der Waals surface area contributed by atoms with E-state index in [0.717, 1.165) is 53.9 Å². The lowest BCUT2D eigenvalue weighted by Crippen LogP contribution is -2.59. The summed E-state index contributed by atoms with van der Waals surface area (Å²) in [5.74, 6) is 3.02. The number of carbonyl (C=O) groups excluding carboxylic acids is 1. The lowest BCUT2D eigenvalue weighted by Gasteiger charge is -2.56. The van der Waals surface area contributed by atoms with Gasteiger partial charge in [0, 0.05) is 17.3 Å². The largest absolute Gasteiger partial charge is 0.345 e. The highest BCUT2D eigenvalue weighted by molar-refractivity contribution is 6.00. The van der Waals surface area contributed by atoms with Gasteiger partial charge >= 0.3 is 0 Å². The number of hydrogen-bond acceptors (Lipinski definition) is 3. The van der Waals surface area contributed by atoms with Gasteiger partial charge in [-0.1, -0.05) is 6.07 Å². The van der Waals surface area contributed by atoms with Crippen LogP contribution < -0.4 is 5.32 Å². The molecule has 0 spiro atoms. The van der Waals surface area contributed by atoms with Crippen molar-refractivity contribution in [1.29, 1.82) is 5.26 Å². The van der Waals surface area contributed by atoms with Crippen molar-refractivity contribution in [2.24, 2.45) is 17.8 Å². The van der Waals surface area contributed by atoms with Crippen molar-refractivity contribution >= 4 is 11.4 Å². The molecule has 0 atom stereocenters. The smallest absolute Gasteiger partial charge is 0.272 e. The van der Waals surface area contributed by atoms with E-state index in [2.05, 4.69) is 11.4 Å². The van der Waals surface area contributed by atoms with Crippen molar-refractivity contribution in [3.63, 3.8) is 0 Å². The molecule has 4 saturated carbocycles. The van der Waals surface area contributed by atoms with Crippen LogP contribution in [0.1, 0.15) is 54.6 Å². The van der Waals surface area contributed by atoms with Crippen LogP contribution in [0.3, 0.4) is 0 Å². The van der Waals surface area contributed by atoms with Gasteiger partial charge in [0.1, 0.15) is 5.82 Å². The summed E-state index contributed by atoms with van der Waals surface area (Å²) in [6.45, 7) is 0. The molecule has 4 aliphatic rings. The highest BCUT2D eigenvalue weighted by Gasteiger charge is 2.51. The van der Waals surface area contributed by atoms with Crippen LogP contribution in [0.15, 0.2) is 48.7 Å². The zero-order valence-electron chi connectivity index (χ0n) is 16.8. The van der Waals surface area contributed by atoms with Crippen LogP contribution in [0.2, 0.25) is 0 Å². The summed E-state index contributed by atoms with van der Waals surface area (Å²) in [6, 6.07) is 15.3. The number of aromatic nitrogens is 2. The molecule has 2 aromatic heterocycles. The summed E-state index contributed by atoms with van der Waals surface area (Å²) in [5.41, 5.74) is 2.78. The van der Waals surface area contributed by atoms with Crippen molar-refractivity contribution in [3.05, 3.63) is 59.9 Å². The van der Waals surface area contributed by atoms with Crippen LogP contribution in [0.5, 0.6) is 0 Å². The van der Waals surface area contributed by atoms with E-state index < -0.39 is 0 Å². The highest BCUT2D eigenvalue weighted by Crippen LogP contribution is 2.55. The Hall–Kier alpha value is -3.13. The number of rotatable bonds is 3. The summed E-state index contributed by atoms with van der Waals surface area (Å²) in [4.78, 5) is 18.2. The average molecular weight is 396 g/mol. The third-order valence-corrected chi connectivity index (χ3v) is 7.45. The topological polar surface area (TPSA) is 70.2 Å². The van der Waals surface area contributed by atoms with Crippen molar-refractivity contribution in [3.8, 4) is 17.5 Å². The van der Waals surface area contributed by atoms with Crippen LogP contribution in [0, 0.1) is 29.1 Å². The number of pyridine rings is 1. The maximum Gasteiger partial charge on any atom is 0.272 e. The number of nitriles is 1. The third kappa shape index (κ3) is 2.74. The van der Waals surface area contributed by atoms with Crippen LogP contribution in [0.4, 0.5) is 0 Å². The van der Waals surface area contributed by atoms with E-state index in [0.29, 0.717) is 11.3 Å². The first-order valence-electron chi connectivity index (χ1n) is 10.9. The number of carbonyl (C=O) groups is 1. The molecule has 1 amide bonds. The molecule has 0 aliphatic heterocycles. The molecule has 30 heavy (non-hydrogen) atoms. The van der Waals surface area contributed by atoms with Crippen molar-refractivity contribution in [2.75, 3.05) is 0 Å². The number of amides is 1. The van der Waals surface area contributed by atoms with Gasteiger partial charge in [-0.05, 0) is 92.7 Å². The summed E-state index contributed by atoms with van der Waals surface area (Å²) in [5, 5.41) is 12.5. The van der Waals surface area contributed by atoms with Crippen LogP contribution in [0.25, 0.3) is 16.9 Å². The van der Waals surface area contributed by atoms with E-state index in [1.807, 2.05) is 40.9 Å². The van der Waals surface area contributed by atoms with Gasteiger partial charge in [-0.2, -0.15) is 5.26 Å². The first kappa shape index (κ1) is 17.7. The quantitative estimate of drug-likeness (QED) is 0.705. The molecule has 1 aromatic carbocycles. The maximum atomic E-state index is 13.5. The number of fused-ring (bicyclic) bond motifs is 1. The molecule has 5 nitrogen and oxygen atoms in total. The number of imidazole rings is 1. The Labute approximate surface area is 175 Å². The molecule has 4 bridgehead atoms. The summed E-state index contributed by atoms with van der Waals surface area (Å²) < 4.78 is 1.97. The zero-order valence-corrected chi connectivity index (χ0v) is 16.8. The predicted octanol–water partition coefficient (Wildman–Crippen LogP) is 4.57. The second-order valence-corrected chi connectivity index (χ2v) is 9.58. The Morgan fingerprint density at radius 1 is 1.03 bits per heavy atom. The van der Waals surface area contributed by atoms with Crippen molar-refractivity contribution in [2.45, 2.75) is 44.1 Å². The molecule has 3 aromatic rings. The monoisotopic (exact) mass is 396 g/mol. The molecular formula is C25H24N4O. The molecule has 0 unspecified atom stereocenters.